The molecule has 1 fully saturated rings. The molecule has 0 N–H and O–H groups in total. The molecule has 3 nitrogen and oxygen atoms in total. The second-order valence-corrected chi connectivity index (χ2v) is 5.96. The van der Waals surface area contributed by atoms with Crippen LogP contribution in [0.5, 0.6) is 0 Å². The van der Waals surface area contributed by atoms with E-state index in [4.69, 9.17) is 4.98 Å². The summed E-state index contributed by atoms with van der Waals surface area (Å²) in [5.74, 6) is 3.33. The Morgan fingerprint density at radius 2 is 1.70 bits per heavy atom. The van der Waals surface area contributed by atoms with Crippen molar-refractivity contribution in [2.75, 3.05) is 18.0 Å². The van der Waals surface area contributed by atoms with Gasteiger partial charge >= 0.3 is 0 Å². The zero-order valence-electron chi connectivity index (χ0n) is 12.2. The third-order valence-electron chi connectivity index (χ3n) is 3.87. The van der Waals surface area contributed by atoms with Crippen LogP contribution < -0.4 is 4.90 Å². The van der Waals surface area contributed by atoms with E-state index in [2.05, 4.69) is 35.9 Å². The molecule has 2 atom stereocenters. The number of piperidine rings is 1. The maximum Gasteiger partial charge on any atom is 0.161 e. The van der Waals surface area contributed by atoms with Crippen LogP contribution >= 0.6 is 0 Å². The fourth-order valence-electron chi connectivity index (χ4n) is 3.10. The number of benzene rings is 1. The highest BCUT2D eigenvalue weighted by Crippen LogP contribution is 2.26. The molecule has 3 heteroatoms. The number of aromatic nitrogens is 2. The Hall–Kier alpha value is -1.90. The van der Waals surface area contributed by atoms with Gasteiger partial charge in [0.1, 0.15) is 5.82 Å². The van der Waals surface area contributed by atoms with Gasteiger partial charge in [-0.2, -0.15) is 0 Å². The molecule has 2 heterocycles. The van der Waals surface area contributed by atoms with Crippen LogP contribution in [0.2, 0.25) is 0 Å². The minimum Gasteiger partial charge on any atom is -0.356 e. The molecule has 0 amide bonds. The van der Waals surface area contributed by atoms with Gasteiger partial charge in [-0.1, -0.05) is 44.2 Å². The molecule has 2 aromatic rings. The molecule has 0 unspecified atom stereocenters. The zero-order chi connectivity index (χ0) is 13.9. The summed E-state index contributed by atoms with van der Waals surface area (Å²) in [5.41, 5.74) is 1.08. The fourth-order valence-corrected chi connectivity index (χ4v) is 3.10. The molecular formula is C17H21N3. The minimum absolute atomic E-state index is 0.730. The highest BCUT2D eigenvalue weighted by Gasteiger charge is 2.22. The van der Waals surface area contributed by atoms with Gasteiger partial charge in [-0.3, -0.25) is 0 Å². The topological polar surface area (TPSA) is 29.0 Å². The first-order valence-electron chi connectivity index (χ1n) is 7.36. The van der Waals surface area contributed by atoms with E-state index in [1.165, 1.54) is 6.42 Å². The Bertz CT molecular complexity index is 557. The minimum atomic E-state index is 0.730. The monoisotopic (exact) mass is 267 g/mol. The SMILES string of the molecule is C[C@@H]1C[C@@H](C)CN(c2ccnc(-c3ccccc3)n2)C1. The summed E-state index contributed by atoms with van der Waals surface area (Å²) < 4.78 is 0. The number of anilines is 1. The van der Waals surface area contributed by atoms with Crippen molar-refractivity contribution >= 4 is 5.82 Å². The van der Waals surface area contributed by atoms with Gasteiger partial charge in [0, 0.05) is 24.8 Å². The second kappa shape index (κ2) is 5.61. The van der Waals surface area contributed by atoms with Crippen molar-refractivity contribution in [1.82, 2.24) is 9.97 Å². The number of rotatable bonds is 2. The lowest BCUT2D eigenvalue weighted by Crippen LogP contribution is -2.39. The maximum atomic E-state index is 4.75. The Kier molecular flexibility index (Phi) is 3.68. The van der Waals surface area contributed by atoms with Crippen molar-refractivity contribution < 1.29 is 0 Å². The average molecular weight is 267 g/mol. The molecule has 104 valence electrons. The van der Waals surface area contributed by atoms with Gasteiger partial charge < -0.3 is 4.90 Å². The number of hydrogen-bond donors (Lipinski definition) is 0. The van der Waals surface area contributed by atoms with E-state index in [0.717, 1.165) is 42.1 Å². The van der Waals surface area contributed by atoms with Gasteiger partial charge in [-0.15, -0.1) is 0 Å². The molecule has 20 heavy (non-hydrogen) atoms. The predicted molar refractivity (Wildman–Crippen MR) is 82.6 cm³/mol. The summed E-state index contributed by atoms with van der Waals surface area (Å²) >= 11 is 0. The van der Waals surface area contributed by atoms with Crippen LogP contribution in [0.4, 0.5) is 5.82 Å². The molecule has 0 bridgehead atoms. The zero-order valence-corrected chi connectivity index (χ0v) is 12.2. The summed E-state index contributed by atoms with van der Waals surface area (Å²) in [6.45, 7) is 6.83. The molecule has 1 saturated heterocycles. The third-order valence-corrected chi connectivity index (χ3v) is 3.87. The molecule has 0 radical (unpaired) electrons. The van der Waals surface area contributed by atoms with Gasteiger partial charge in [0.05, 0.1) is 0 Å². The summed E-state index contributed by atoms with van der Waals surface area (Å²) in [6, 6.07) is 12.2. The van der Waals surface area contributed by atoms with Crippen molar-refractivity contribution in [3.8, 4) is 11.4 Å². The Labute approximate surface area is 120 Å². The lowest BCUT2D eigenvalue weighted by molar-refractivity contribution is 0.355. The lowest BCUT2D eigenvalue weighted by Gasteiger charge is -2.35. The van der Waals surface area contributed by atoms with Crippen molar-refractivity contribution in [3.05, 3.63) is 42.6 Å². The predicted octanol–water partition coefficient (Wildman–Crippen LogP) is 3.63. The van der Waals surface area contributed by atoms with Crippen molar-refractivity contribution in [1.29, 1.82) is 0 Å². The first-order chi connectivity index (χ1) is 9.72. The molecule has 1 aliphatic heterocycles. The lowest BCUT2D eigenvalue weighted by atomic mass is 9.92. The van der Waals surface area contributed by atoms with E-state index in [0.29, 0.717) is 0 Å². The van der Waals surface area contributed by atoms with Gasteiger partial charge in [-0.05, 0) is 24.3 Å². The van der Waals surface area contributed by atoms with Crippen molar-refractivity contribution in [3.63, 3.8) is 0 Å². The standard InChI is InChI=1S/C17H21N3/c1-13-10-14(2)12-20(11-13)16-8-9-18-17(19-16)15-6-4-3-5-7-15/h3-9,13-14H,10-12H2,1-2H3/t13-,14-/m1/s1. The Morgan fingerprint density at radius 1 is 1.00 bits per heavy atom. The Morgan fingerprint density at radius 3 is 2.40 bits per heavy atom. The summed E-state index contributed by atoms with van der Waals surface area (Å²) in [4.78, 5) is 11.6. The summed E-state index contributed by atoms with van der Waals surface area (Å²) in [5, 5.41) is 0. The van der Waals surface area contributed by atoms with Crippen LogP contribution in [0.25, 0.3) is 11.4 Å². The first kappa shape index (κ1) is 13.1. The first-order valence-corrected chi connectivity index (χ1v) is 7.36. The van der Waals surface area contributed by atoms with Crippen LogP contribution in [-0.2, 0) is 0 Å². The second-order valence-electron chi connectivity index (χ2n) is 5.96. The van der Waals surface area contributed by atoms with E-state index in [1.807, 2.05) is 30.5 Å². The van der Waals surface area contributed by atoms with Crippen LogP contribution in [0.1, 0.15) is 20.3 Å². The van der Waals surface area contributed by atoms with Gasteiger partial charge in [-0.25, -0.2) is 9.97 Å². The maximum absolute atomic E-state index is 4.75. The molecule has 1 aliphatic rings. The number of hydrogen-bond acceptors (Lipinski definition) is 3. The van der Waals surface area contributed by atoms with Crippen LogP contribution in [0.15, 0.2) is 42.6 Å². The molecule has 1 aromatic heterocycles. The van der Waals surface area contributed by atoms with E-state index in [-0.39, 0.29) is 0 Å². The normalized spacial score (nSPS) is 22.8. The Balaban J connectivity index is 1.88. The van der Waals surface area contributed by atoms with E-state index in [1.54, 1.807) is 0 Å². The van der Waals surface area contributed by atoms with Crippen LogP contribution in [0, 0.1) is 11.8 Å². The third kappa shape index (κ3) is 2.82. The smallest absolute Gasteiger partial charge is 0.161 e. The average Bonchev–Trinajstić information content (AvgIpc) is 2.47. The highest BCUT2D eigenvalue weighted by atomic mass is 15.2. The summed E-state index contributed by atoms with van der Waals surface area (Å²) in [6.07, 6.45) is 3.18. The van der Waals surface area contributed by atoms with Crippen LogP contribution in [0.3, 0.4) is 0 Å². The van der Waals surface area contributed by atoms with Crippen molar-refractivity contribution in [2.45, 2.75) is 20.3 Å². The van der Waals surface area contributed by atoms with Crippen molar-refractivity contribution in [2.24, 2.45) is 11.8 Å². The number of nitrogens with zero attached hydrogens (tertiary/aromatic N) is 3. The van der Waals surface area contributed by atoms with E-state index in [9.17, 15) is 0 Å². The molecular weight excluding hydrogens is 246 g/mol. The molecule has 0 aliphatic carbocycles. The molecule has 3 rings (SSSR count). The highest BCUT2D eigenvalue weighted by molar-refractivity contribution is 5.57. The quantitative estimate of drug-likeness (QED) is 0.832. The van der Waals surface area contributed by atoms with E-state index < -0.39 is 0 Å². The molecule has 1 aromatic carbocycles. The van der Waals surface area contributed by atoms with E-state index >= 15 is 0 Å². The summed E-state index contributed by atoms with van der Waals surface area (Å²) in [7, 11) is 0. The molecule has 0 spiro atoms. The fraction of sp³-hybridized carbons (Fsp3) is 0.412. The van der Waals surface area contributed by atoms with Crippen LogP contribution in [-0.4, -0.2) is 23.1 Å². The van der Waals surface area contributed by atoms with Gasteiger partial charge in [0.25, 0.3) is 0 Å². The molecule has 0 saturated carbocycles. The van der Waals surface area contributed by atoms with Gasteiger partial charge in [0.2, 0.25) is 0 Å². The van der Waals surface area contributed by atoms with Gasteiger partial charge in [0.15, 0.2) is 5.82 Å². The largest absolute Gasteiger partial charge is 0.356 e.